The molecule has 5 heteroatoms. The topological polar surface area (TPSA) is 42.7 Å². The van der Waals surface area contributed by atoms with E-state index in [9.17, 15) is 0 Å². The molecule has 0 unspecified atom stereocenters. The van der Waals surface area contributed by atoms with Gasteiger partial charge in [-0.2, -0.15) is 0 Å². The molecule has 1 saturated heterocycles. The molecule has 3 aromatic heterocycles. The van der Waals surface area contributed by atoms with Crippen molar-refractivity contribution in [1.82, 2.24) is 19.9 Å². The summed E-state index contributed by atoms with van der Waals surface area (Å²) >= 11 is 1.79. The summed E-state index contributed by atoms with van der Waals surface area (Å²) in [6.45, 7) is 2.05. The van der Waals surface area contributed by atoms with E-state index < -0.39 is 0 Å². The summed E-state index contributed by atoms with van der Waals surface area (Å²) in [4.78, 5) is 10.2. The van der Waals surface area contributed by atoms with Gasteiger partial charge in [-0.3, -0.25) is 0 Å². The second-order valence-corrected chi connectivity index (χ2v) is 9.94. The van der Waals surface area contributed by atoms with Crippen molar-refractivity contribution >= 4 is 43.4 Å². The largest absolute Gasteiger partial charge is 0.317 e. The second-order valence-electron chi connectivity index (χ2n) is 9.02. The van der Waals surface area contributed by atoms with E-state index in [2.05, 4.69) is 88.1 Å². The number of thiophene rings is 1. The third-order valence-corrected chi connectivity index (χ3v) is 8.00. The lowest BCUT2D eigenvalue weighted by atomic mass is 10.0. The Morgan fingerprint density at radius 1 is 0.853 bits per heavy atom. The number of rotatable bonds is 3. The first-order valence-corrected chi connectivity index (χ1v) is 12.8. The first-order chi connectivity index (χ1) is 16.9. The van der Waals surface area contributed by atoms with Crippen LogP contribution in [0.3, 0.4) is 0 Å². The van der Waals surface area contributed by atoms with Crippen molar-refractivity contribution in [2.75, 3.05) is 13.1 Å². The molecular formula is C29H24N4S. The molecule has 1 aliphatic heterocycles. The van der Waals surface area contributed by atoms with E-state index in [4.69, 9.17) is 9.97 Å². The van der Waals surface area contributed by atoms with Crippen molar-refractivity contribution in [2.24, 2.45) is 0 Å². The van der Waals surface area contributed by atoms with E-state index in [0.29, 0.717) is 6.04 Å². The van der Waals surface area contributed by atoms with E-state index in [-0.39, 0.29) is 0 Å². The average molecular weight is 461 g/mol. The van der Waals surface area contributed by atoms with Crippen molar-refractivity contribution < 1.29 is 0 Å². The lowest BCUT2D eigenvalue weighted by Crippen LogP contribution is -2.29. The summed E-state index contributed by atoms with van der Waals surface area (Å²) in [5.74, 6) is 1.04. The van der Waals surface area contributed by atoms with Crippen LogP contribution in [0.4, 0.5) is 0 Å². The number of nitrogens with zero attached hydrogens (tertiary/aromatic N) is 3. The molecular weight excluding hydrogens is 436 g/mol. The number of aromatic nitrogens is 3. The number of nitrogens with one attached hydrogen (secondary N) is 1. The summed E-state index contributed by atoms with van der Waals surface area (Å²) < 4.78 is 3.72. The van der Waals surface area contributed by atoms with Gasteiger partial charge >= 0.3 is 0 Å². The van der Waals surface area contributed by atoms with Crippen LogP contribution in [0.2, 0.25) is 0 Å². The minimum absolute atomic E-state index is 0.388. The maximum Gasteiger partial charge on any atom is 0.161 e. The standard InChI is InChI=1S/C29H24N4S/c1-2-6-20-17-21(10-9-19(20)5-1)23-13-16-31-29-27(23)32-28(33(29)22-11-14-30-15-12-22)25-18-34-26-8-4-3-7-24(25)26/h1-10,13,16-18,22,30H,11-12,14-15H2. The molecule has 0 spiro atoms. The molecule has 1 aliphatic rings. The van der Waals surface area contributed by atoms with E-state index in [1.54, 1.807) is 11.3 Å². The van der Waals surface area contributed by atoms with E-state index in [1.807, 2.05) is 6.20 Å². The van der Waals surface area contributed by atoms with Crippen molar-refractivity contribution in [3.8, 4) is 22.5 Å². The molecule has 4 nitrogen and oxygen atoms in total. The van der Waals surface area contributed by atoms with Gasteiger partial charge in [0.2, 0.25) is 0 Å². The maximum atomic E-state index is 5.32. The maximum absolute atomic E-state index is 5.32. The number of benzene rings is 3. The van der Waals surface area contributed by atoms with E-state index in [1.165, 1.54) is 32.0 Å². The van der Waals surface area contributed by atoms with Gasteiger partial charge in [0.1, 0.15) is 11.3 Å². The lowest BCUT2D eigenvalue weighted by Gasteiger charge is -2.25. The number of hydrogen-bond donors (Lipinski definition) is 1. The molecule has 6 aromatic rings. The molecule has 1 N–H and O–H groups in total. The number of hydrogen-bond acceptors (Lipinski definition) is 4. The lowest BCUT2D eigenvalue weighted by molar-refractivity contribution is 0.376. The Morgan fingerprint density at radius 2 is 1.68 bits per heavy atom. The fourth-order valence-electron chi connectivity index (χ4n) is 5.33. The minimum Gasteiger partial charge on any atom is -0.317 e. The van der Waals surface area contributed by atoms with Crippen LogP contribution in [0.5, 0.6) is 0 Å². The summed E-state index contributed by atoms with van der Waals surface area (Å²) in [7, 11) is 0. The molecule has 0 amide bonds. The first-order valence-electron chi connectivity index (χ1n) is 11.9. The van der Waals surface area contributed by atoms with Crippen LogP contribution >= 0.6 is 11.3 Å². The highest BCUT2D eigenvalue weighted by Gasteiger charge is 2.25. The number of pyridine rings is 1. The SMILES string of the molecule is c1ccc2cc(-c3ccnc4c3nc(-c3csc5ccccc35)n4C3CCNCC3)ccc2c1. The highest BCUT2D eigenvalue weighted by Crippen LogP contribution is 2.40. The van der Waals surface area contributed by atoms with Crippen LogP contribution in [-0.2, 0) is 0 Å². The number of piperidine rings is 1. The van der Waals surface area contributed by atoms with Gasteiger partial charge in [-0.05, 0) is 60.5 Å². The molecule has 166 valence electrons. The first kappa shape index (κ1) is 19.9. The van der Waals surface area contributed by atoms with Gasteiger partial charge in [0, 0.05) is 38.8 Å². The van der Waals surface area contributed by atoms with Crippen LogP contribution in [0.25, 0.3) is 54.5 Å². The molecule has 0 radical (unpaired) electrons. The van der Waals surface area contributed by atoms with Gasteiger partial charge in [-0.1, -0.05) is 54.6 Å². The van der Waals surface area contributed by atoms with Gasteiger partial charge in [0.05, 0.1) is 0 Å². The Kier molecular flexibility index (Phi) is 4.71. The Balaban J connectivity index is 1.50. The van der Waals surface area contributed by atoms with Crippen molar-refractivity contribution in [1.29, 1.82) is 0 Å². The third kappa shape index (κ3) is 3.16. The highest BCUT2D eigenvalue weighted by atomic mass is 32.1. The zero-order valence-electron chi connectivity index (χ0n) is 18.7. The van der Waals surface area contributed by atoms with Crippen LogP contribution in [0.15, 0.2) is 84.4 Å². The Hall–Kier alpha value is -3.54. The predicted molar refractivity (Wildman–Crippen MR) is 142 cm³/mol. The molecule has 1 fully saturated rings. The Bertz CT molecular complexity index is 1660. The monoisotopic (exact) mass is 460 g/mol. The van der Waals surface area contributed by atoms with E-state index >= 15 is 0 Å². The normalized spacial score (nSPS) is 14.9. The third-order valence-electron chi connectivity index (χ3n) is 7.04. The summed E-state index contributed by atoms with van der Waals surface area (Å²) in [5, 5.41) is 9.54. The minimum atomic E-state index is 0.388. The van der Waals surface area contributed by atoms with Crippen LogP contribution in [0.1, 0.15) is 18.9 Å². The average Bonchev–Trinajstić information content (AvgIpc) is 3.50. The van der Waals surface area contributed by atoms with E-state index in [0.717, 1.165) is 48.5 Å². The van der Waals surface area contributed by atoms with Gasteiger partial charge in [-0.15, -0.1) is 11.3 Å². The van der Waals surface area contributed by atoms with Crippen molar-refractivity contribution in [2.45, 2.75) is 18.9 Å². The zero-order chi connectivity index (χ0) is 22.5. The molecule has 34 heavy (non-hydrogen) atoms. The summed E-state index contributed by atoms with van der Waals surface area (Å²) in [6, 6.07) is 26.3. The predicted octanol–water partition coefficient (Wildman–Crippen LogP) is 7.06. The molecule has 4 heterocycles. The van der Waals surface area contributed by atoms with Gasteiger partial charge in [0.15, 0.2) is 5.65 Å². The summed E-state index contributed by atoms with van der Waals surface area (Å²) in [5.41, 5.74) is 5.51. The Morgan fingerprint density at radius 3 is 2.59 bits per heavy atom. The van der Waals surface area contributed by atoms with Crippen LogP contribution < -0.4 is 5.32 Å². The molecule has 0 atom stereocenters. The number of fused-ring (bicyclic) bond motifs is 3. The van der Waals surface area contributed by atoms with Crippen LogP contribution in [-0.4, -0.2) is 27.6 Å². The van der Waals surface area contributed by atoms with Gasteiger partial charge < -0.3 is 9.88 Å². The molecule has 0 aliphatic carbocycles. The van der Waals surface area contributed by atoms with Gasteiger partial charge in [0.25, 0.3) is 0 Å². The van der Waals surface area contributed by atoms with Gasteiger partial charge in [-0.25, -0.2) is 9.97 Å². The Labute approximate surface area is 201 Å². The molecule has 0 saturated carbocycles. The highest BCUT2D eigenvalue weighted by molar-refractivity contribution is 7.17. The molecule has 3 aromatic carbocycles. The fourth-order valence-corrected chi connectivity index (χ4v) is 6.27. The summed E-state index contributed by atoms with van der Waals surface area (Å²) in [6.07, 6.45) is 4.12. The molecule has 7 rings (SSSR count). The second kappa shape index (κ2) is 8.05. The quantitative estimate of drug-likeness (QED) is 0.307. The van der Waals surface area contributed by atoms with Crippen molar-refractivity contribution in [3.05, 3.63) is 84.4 Å². The number of imidazole rings is 1. The fraction of sp³-hybridized carbons (Fsp3) is 0.172. The molecule has 0 bridgehead atoms. The van der Waals surface area contributed by atoms with Crippen molar-refractivity contribution in [3.63, 3.8) is 0 Å². The zero-order valence-corrected chi connectivity index (χ0v) is 19.6. The van der Waals surface area contributed by atoms with Crippen LogP contribution in [0, 0.1) is 0 Å². The smallest absolute Gasteiger partial charge is 0.161 e.